The fraction of sp³-hybridized carbons (Fsp3) is 0.214. The van der Waals surface area contributed by atoms with E-state index in [0.717, 1.165) is 27.9 Å². The average Bonchev–Trinajstić information content (AvgIpc) is 2.41. The first-order chi connectivity index (χ1) is 9.16. The molecule has 0 fully saturated rings. The van der Waals surface area contributed by atoms with E-state index in [0.29, 0.717) is 0 Å². The number of hydrogen-bond donors (Lipinski definition) is 0. The van der Waals surface area contributed by atoms with Gasteiger partial charge in [-0.2, -0.15) is 0 Å². The van der Waals surface area contributed by atoms with Crippen molar-refractivity contribution in [3.63, 3.8) is 0 Å². The quantitative estimate of drug-likeness (QED) is 0.736. The highest BCUT2D eigenvalue weighted by Gasteiger charge is 2.23. The summed E-state index contributed by atoms with van der Waals surface area (Å²) >= 11 is 7.04. The zero-order valence-electron chi connectivity index (χ0n) is 10.5. The Morgan fingerprint density at radius 3 is 2.58 bits per heavy atom. The highest BCUT2D eigenvalue weighted by Crippen LogP contribution is 2.39. The average molecular weight is 383 g/mol. The first-order valence-corrected chi connectivity index (χ1v) is 7.64. The highest BCUT2D eigenvalue weighted by molar-refractivity contribution is 9.11. The summed E-state index contributed by atoms with van der Waals surface area (Å²) in [7, 11) is 2.13. The van der Waals surface area contributed by atoms with Crippen LogP contribution >= 0.6 is 31.9 Å². The van der Waals surface area contributed by atoms with E-state index in [-0.39, 0.29) is 0 Å². The Bertz CT molecular complexity index is 615. The minimum absolute atomic E-state index is 0.931. The van der Waals surface area contributed by atoms with Crippen LogP contribution in [0, 0.1) is 0 Å². The molecular weight excluding hydrogens is 370 g/mol. The fourth-order valence-electron chi connectivity index (χ4n) is 2.33. The van der Waals surface area contributed by atoms with Crippen LogP contribution in [-0.4, -0.2) is 25.1 Å². The second kappa shape index (κ2) is 5.13. The molecule has 0 saturated carbocycles. The number of fused-ring (bicyclic) bond motifs is 1. The van der Waals surface area contributed by atoms with Crippen molar-refractivity contribution < 1.29 is 0 Å². The number of hydrogen-bond acceptors (Lipinski definition) is 3. The smallest absolute Gasteiger partial charge is 0.147 e. The summed E-state index contributed by atoms with van der Waals surface area (Å²) in [5.41, 5.74) is 2.44. The molecule has 1 aromatic heterocycles. The molecule has 0 radical (unpaired) electrons. The first-order valence-electron chi connectivity index (χ1n) is 6.05. The van der Waals surface area contributed by atoms with Crippen LogP contribution < -0.4 is 9.80 Å². The van der Waals surface area contributed by atoms with Gasteiger partial charge in [0.25, 0.3) is 0 Å². The predicted octanol–water partition coefficient (Wildman–Crippen LogP) is 4.19. The number of rotatable bonds is 1. The monoisotopic (exact) mass is 381 g/mol. The van der Waals surface area contributed by atoms with Crippen molar-refractivity contribution in [2.75, 3.05) is 29.9 Å². The predicted molar refractivity (Wildman–Crippen MR) is 86.4 cm³/mol. The number of halogens is 2. The van der Waals surface area contributed by atoms with Crippen LogP contribution in [0.5, 0.6) is 0 Å². The minimum Gasteiger partial charge on any atom is -0.371 e. The van der Waals surface area contributed by atoms with Gasteiger partial charge in [-0.05, 0) is 50.1 Å². The van der Waals surface area contributed by atoms with Crippen molar-refractivity contribution in [3.8, 4) is 0 Å². The van der Waals surface area contributed by atoms with Gasteiger partial charge in [-0.15, -0.1) is 0 Å². The number of para-hydroxylation sites is 2. The Labute approximate surface area is 129 Å². The van der Waals surface area contributed by atoms with Crippen molar-refractivity contribution in [3.05, 3.63) is 45.5 Å². The molecule has 2 aromatic rings. The fourth-order valence-corrected chi connectivity index (χ4v) is 3.53. The summed E-state index contributed by atoms with van der Waals surface area (Å²) < 4.78 is 1.98. The zero-order chi connectivity index (χ0) is 13.4. The Kier molecular flexibility index (Phi) is 3.50. The molecule has 1 aliphatic heterocycles. The lowest BCUT2D eigenvalue weighted by atomic mass is 10.1. The lowest BCUT2D eigenvalue weighted by Gasteiger charge is -2.36. The van der Waals surface area contributed by atoms with Crippen LogP contribution in [0.3, 0.4) is 0 Å². The van der Waals surface area contributed by atoms with Gasteiger partial charge in [0.05, 0.1) is 15.8 Å². The van der Waals surface area contributed by atoms with Gasteiger partial charge in [0.1, 0.15) is 5.82 Å². The molecule has 5 heteroatoms. The molecule has 2 heterocycles. The van der Waals surface area contributed by atoms with E-state index in [1.807, 2.05) is 12.3 Å². The van der Waals surface area contributed by atoms with Crippen molar-refractivity contribution in [2.24, 2.45) is 0 Å². The third-order valence-electron chi connectivity index (χ3n) is 3.29. The van der Waals surface area contributed by atoms with Gasteiger partial charge in [0, 0.05) is 30.8 Å². The second-order valence-electron chi connectivity index (χ2n) is 4.52. The molecular formula is C14H13Br2N3. The van der Waals surface area contributed by atoms with Crippen LogP contribution in [0.15, 0.2) is 45.5 Å². The van der Waals surface area contributed by atoms with Crippen molar-refractivity contribution in [2.45, 2.75) is 0 Å². The molecule has 1 aromatic carbocycles. The Balaban J connectivity index is 2.09. The van der Waals surface area contributed by atoms with Crippen LogP contribution in [0.25, 0.3) is 0 Å². The SMILES string of the molecule is CN1CCN(c2ncc(Br)cc2Br)c2ccccc21. The van der Waals surface area contributed by atoms with Crippen LogP contribution in [-0.2, 0) is 0 Å². The molecule has 1 aliphatic rings. The third-order valence-corrected chi connectivity index (χ3v) is 4.30. The number of likely N-dealkylation sites (N-methyl/N-ethyl adjacent to an activating group) is 1. The Morgan fingerprint density at radius 1 is 1.11 bits per heavy atom. The summed E-state index contributed by atoms with van der Waals surface area (Å²) in [4.78, 5) is 9.07. The van der Waals surface area contributed by atoms with Gasteiger partial charge >= 0.3 is 0 Å². The molecule has 0 bridgehead atoms. The third kappa shape index (κ3) is 2.37. The number of nitrogens with zero attached hydrogens (tertiary/aromatic N) is 3. The van der Waals surface area contributed by atoms with Crippen molar-refractivity contribution >= 4 is 49.1 Å². The van der Waals surface area contributed by atoms with E-state index in [1.54, 1.807) is 0 Å². The lowest BCUT2D eigenvalue weighted by Crippen LogP contribution is -2.36. The topological polar surface area (TPSA) is 19.4 Å². The second-order valence-corrected chi connectivity index (χ2v) is 6.29. The zero-order valence-corrected chi connectivity index (χ0v) is 13.6. The standard InChI is InChI=1S/C14H13Br2N3/c1-18-6-7-19(13-5-3-2-4-12(13)18)14-11(16)8-10(15)9-17-14/h2-5,8-9H,6-7H2,1H3. The van der Waals surface area contributed by atoms with Gasteiger partial charge in [-0.3, -0.25) is 0 Å². The normalized spacial score (nSPS) is 14.5. The summed E-state index contributed by atoms with van der Waals surface area (Å²) in [6, 6.07) is 10.5. The van der Waals surface area contributed by atoms with E-state index in [4.69, 9.17) is 0 Å². The molecule has 0 saturated heterocycles. The maximum atomic E-state index is 4.54. The van der Waals surface area contributed by atoms with Crippen LogP contribution in [0.1, 0.15) is 0 Å². The van der Waals surface area contributed by atoms with E-state index in [9.17, 15) is 0 Å². The molecule has 0 atom stereocenters. The number of anilines is 3. The number of pyridine rings is 1. The van der Waals surface area contributed by atoms with Crippen LogP contribution in [0.4, 0.5) is 17.2 Å². The first kappa shape index (κ1) is 12.9. The van der Waals surface area contributed by atoms with Gasteiger partial charge in [0.15, 0.2) is 0 Å². The molecule has 0 aliphatic carbocycles. The summed E-state index contributed by atoms with van der Waals surface area (Å²) in [6.45, 7) is 1.92. The molecule has 0 spiro atoms. The van der Waals surface area contributed by atoms with E-state index < -0.39 is 0 Å². The van der Waals surface area contributed by atoms with Crippen molar-refractivity contribution in [1.29, 1.82) is 0 Å². The Morgan fingerprint density at radius 2 is 1.84 bits per heavy atom. The largest absolute Gasteiger partial charge is 0.371 e. The van der Waals surface area contributed by atoms with Crippen LogP contribution in [0.2, 0.25) is 0 Å². The molecule has 0 unspecified atom stereocenters. The van der Waals surface area contributed by atoms with Gasteiger partial charge in [0.2, 0.25) is 0 Å². The summed E-state index contributed by atoms with van der Waals surface area (Å²) in [5.74, 6) is 0.962. The highest BCUT2D eigenvalue weighted by atomic mass is 79.9. The molecule has 0 amide bonds. The van der Waals surface area contributed by atoms with Crippen molar-refractivity contribution in [1.82, 2.24) is 4.98 Å². The minimum atomic E-state index is 0.931. The molecule has 3 nitrogen and oxygen atoms in total. The lowest BCUT2D eigenvalue weighted by molar-refractivity contribution is 0.811. The molecule has 98 valence electrons. The number of benzene rings is 1. The van der Waals surface area contributed by atoms with E-state index >= 15 is 0 Å². The Hall–Kier alpha value is -1.07. The van der Waals surface area contributed by atoms with Gasteiger partial charge in [-0.25, -0.2) is 4.98 Å². The molecule has 19 heavy (non-hydrogen) atoms. The number of aromatic nitrogens is 1. The van der Waals surface area contributed by atoms with Gasteiger partial charge < -0.3 is 9.80 Å². The molecule has 3 rings (SSSR count). The van der Waals surface area contributed by atoms with Gasteiger partial charge in [-0.1, -0.05) is 12.1 Å². The maximum absolute atomic E-state index is 4.54. The maximum Gasteiger partial charge on any atom is 0.147 e. The molecule has 0 N–H and O–H groups in total. The van der Waals surface area contributed by atoms with E-state index in [2.05, 4.69) is 78.0 Å². The summed E-state index contributed by atoms with van der Waals surface area (Å²) in [6.07, 6.45) is 1.83. The summed E-state index contributed by atoms with van der Waals surface area (Å²) in [5, 5.41) is 0. The van der Waals surface area contributed by atoms with E-state index in [1.165, 1.54) is 11.4 Å².